The number of hydrogen-bond donors (Lipinski definition) is 0. The molecule has 1 nitrogen and oxygen atoms in total. The first-order chi connectivity index (χ1) is 21.2. The minimum absolute atomic E-state index is 1.06. The van der Waals surface area contributed by atoms with Crippen LogP contribution in [-0.4, -0.2) is 17.6 Å². The van der Waals surface area contributed by atoms with Gasteiger partial charge in [-0.2, -0.15) is 0 Å². The Morgan fingerprint density at radius 3 is 1.30 bits per heavy atom. The standard InChI is InChI=1S/C42H42N/c1-3-5-25-43(26-6-4-2)29-39-37(31-17-9-7-10-18-31)27-33-21-13-15-23-35(33)41(39)42-36-24-16-14-22-34(36)28-38(40(42)30-43)32-19-11-8-12-20-32/h7-24,27-28H,3-6,25-26,29-30H2,1-2H3/q+1. The maximum Gasteiger partial charge on any atom is 0.106 e. The number of fused-ring (bicyclic) bond motifs is 7. The van der Waals surface area contributed by atoms with Crippen LogP contribution in [-0.2, 0) is 13.1 Å². The minimum Gasteiger partial charge on any atom is -0.316 e. The lowest BCUT2D eigenvalue weighted by Crippen LogP contribution is -2.47. The second-order valence-corrected chi connectivity index (χ2v) is 12.5. The van der Waals surface area contributed by atoms with Gasteiger partial charge in [-0.25, -0.2) is 0 Å². The Hall–Kier alpha value is -4.20. The monoisotopic (exact) mass is 560 g/mol. The Morgan fingerprint density at radius 2 is 0.884 bits per heavy atom. The second kappa shape index (κ2) is 11.8. The zero-order valence-corrected chi connectivity index (χ0v) is 25.7. The highest BCUT2D eigenvalue weighted by Crippen LogP contribution is 2.50. The molecule has 1 aliphatic rings. The number of rotatable bonds is 8. The molecule has 0 N–H and O–H groups in total. The van der Waals surface area contributed by atoms with Crippen LogP contribution in [0.3, 0.4) is 0 Å². The molecule has 0 amide bonds. The predicted octanol–water partition coefficient (Wildman–Crippen LogP) is 11.4. The summed E-state index contributed by atoms with van der Waals surface area (Å²) in [6.07, 6.45) is 4.94. The van der Waals surface area contributed by atoms with Crippen LogP contribution in [0.15, 0.2) is 121 Å². The lowest BCUT2D eigenvalue weighted by Gasteiger charge is -2.39. The summed E-state index contributed by atoms with van der Waals surface area (Å²) in [4.78, 5) is 0. The van der Waals surface area contributed by atoms with Gasteiger partial charge < -0.3 is 4.48 Å². The second-order valence-electron chi connectivity index (χ2n) is 12.5. The highest BCUT2D eigenvalue weighted by molar-refractivity contribution is 6.11. The number of quaternary nitrogens is 1. The third-order valence-electron chi connectivity index (χ3n) is 9.69. The van der Waals surface area contributed by atoms with Crippen molar-refractivity contribution < 1.29 is 4.48 Å². The Morgan fingerprint density at radius 1 is 0.488 bits per heavy atom. The summed E-state index contributed by atoms with van der Waals surface area (Å²) in [7, 11) is 0. The molecule has 0 spiro atoms. The topological polar surface area (TPSA) is 0 Å². The molecule has 43 heavy (non-hydrogen) atoms. The molecule has 0 bridgehead atoms. The molecule has 0 fully saturated rings. The van der Waals surface area contributed by atoms with Gasteiger partial charge in [-0.1, -0.05) is 136 Å². The van der Waals surface area contributed by atoms with Crippen LogP contribution in [0.4, 0.5) is 0 Å². The quantitative estimate of drug-likeness (QED) is 0.162. The van der Waals surface area contributed by atoms with Crippen molar-refractivity contribution in [1.82, 2.24) is 0 Å². The molecular weight excluding hydrogens is 518 g/mol. The van der Waals surface area contributed by atoms with Crippen LogP contribution in [0.2, 0.25) is 0 Å². The third kappa shape index (κ3) is 5.07. The van der Waals surface area contributed by atoms with Gasteiger partial charge in [0.1, 0.15) is 13.1 Å². The lowest BCUT2D eigenvalue weighted by molar-refractivity contribution is -0.953. The van der Waals surface area contributed by atoms with Crippen molar-refractivity contribution in [1.29, 1.82) is 0 Å². The Bertz CT molecular complexity index is 1740. The maximum absolute atomic E-state index is 2.48. The van der Waals surface area contributed by atoms with Gasteiger partial charge in [0.25, 0.3) is 0 Å². The van der Waals surface area contributed by atoms with Crippen molar-refractivity contribution in [2.24, 2.45) is 0 Å². The highest BCUT2D eigenvalue weighted by atomic mass is 15.3. The predicted molar refractivity (Wildman–Crippen MR) is 185 cm³/mol. The van der Waals surface area contributed by atoms with E-state index in [1.165, 1.54) is 105 Å². The molecule has 1 heterocycles. The van der Waals surface area contributed by atoms with E-state index in [9.17, 15) is 0 Å². The molecule has 0 saturated carbocycles. The molecule has 0 atom stereocenters. The van der Waals surface area contributed by atoms with E-state index in [2.05, 4.69) is 135 Å². The van der Waals surface area contributed by atoms with E-state index in [1.54, 1.807) is 0 Å². The molecule has 7 rings (SSSR count). The zero-order valence-electron chi connectivity index (χ0n) is 25.7. The van der Waals surface area contributed by atoms with Gasteiger partial charge >= 0.3 is 0 Å². The summed E-state index contributed by atoms with van der Waals surface area (Å²) in [5, 5.41) is 5.39. The van der Waals surface area contributed by atoms with E-state index < -0.39 is 0 Å². The van der Waals surface area contributed by atoms with E-state index in [0.29, 0.717) is 0 Å². The fraction of sp³-hybridized carbons (Fsp3) is 0.238. The highest BCUT2D eigenvalue weighted by Gasteiger charge is 2.37. The maximum atomic E-state index is 2.48. The van der Waals surface area contributed by atoms with Gasteiger partial charge in [-0.05, 0) is 68.8 Å². The normalized spacial score (nSPS) is 13.9. The Labute approximate surface area is 257 Å². The summed E-state index contributed by atoms with van der Waals surface area (Å²) in [6, 6.07) is 45.5. The first-order valence-electron chi connectivity index (χ1n) is 16.3. The van der Waals surface area contributed by atoms with Gasteiger partial charge in [-0.3, -0.25) is 0 Å². The van der Waals surface area contributed by atoms with E-state index >= 15 is 0 Å². The summed E-state index contributed by atoms with van der Waals surface area (Å²) in [5.74, 6) is 0. The first kappa shape index (κ1) is 27.6. The van der Waals surface area contributed by atoms with Crippen LogP contribution in [0, 0.1) is 0 Å². The third-order valence-corrected chi connectivity index (χ3v) is 9.69. The van der Waals surface area contributed by atoms with Gasteiger partial charge in [0.15, 0.2) is 0 Å². The summed E-state index contributed by atoms with van der Waals surface area (Å²) in [6.45, 7) is 9.22. The van der Waals surface area contributed by atoms with E-state index in [1.807, 2.05) is 0 Å². The van der Waals surface area contributed by atoms with Crippen molar-refractivity contribution in [3.05, 3.63) is 132 Å². The molecule has 0 aromatic heterocycles. The van der Waals surface area contributed by atoms with Crippen LogP contribution in [0.1, 0.15) is 50.7 Å². The fourth-order valence-electron chi connectivity index (χ4n) is 7.57. The molecule has 6 aromatic rings. The first-order valence-corrected chi connectivity index (χ1v) is 16.3. The van der Waals surface area contributed by atoms with Gasteiger partial charge in [0, 0.05) is 22.3 Å². The van der Waals surface area contributed by atoms with Crippen molar-refractivity contribution in [2.45, 2.75) is 52.6 Å². The van der Waals surface area contributed by atoms with E-state index in [4.69, 9.17) is 0 Å². The molecule has 0 aliphatic carbocycles. The smallest absolute Gasteiger partial charge is 0.106 e. The minimum atomic E-state index is 1.06. The Kier molecular flexibility index (Phi) is 7.59. The van der Waals surface area contributed by atoms with Crippen molar-refractivity contribution >= 4 is 21.5 Å². The number of hydrogen-bond acceptors (Lipinski definition) is 0. The zero-order chi connectivity index (χ0) is 29.2. The van der Waals surface area contributed by atoms with Crippen LogP contribution < -0.4 is 0 Å². The average Bonchev–Trinajstić information content (AvgIpc) is 3.22. The summed E-state index contributed by atoms with van der Waals surface area (Å²) < 4.78 is 1.11. The molecule has 1 aliphatic heterocycles. The molecule has 6 aromatic carbocycles. The van der Waals surface area contributed by atoms with E-state index in [0.717, 1.165) is 17.6 Å². The van der Waals surface area contributed by atoms with Gasteiger partial charge in [0.05, 0.1) is 13.1 Å². The van der Waals surface area contributed by atoms with Crippen LogP contribution >= 0.6 is 0 Å². The number of unbranched alkanes of at least 4 members (excludes halogenated alkanes) is 2. The molecule has 0 unspecified atom stereocenters. The van der Waals surface area contributed by atoms with Gasteiger partial charge in [0.2, 0.25) is 0 Å². The molecule has 0 radical (unpaired) electrons. The Balaban J connectivity index is 1.68. The van der Waals surface area contributed by atoms with Crippen molar-refractivity contribution in [3.8, 4) is 33.4 Å². The summed E-state index contributed by atoms with van der Waals surface area (Å²) in [5.41, 5.74) is 11.4. The SMILES string of the molecule is CCCC[N+]1(CCCC)Cc2c(-c3ccccc3)cc3ccccc3c2-c2c(c(-c3ccccc3)cc3ccccc23)C1. The van der Waals surface area contributed by atoms with Crippen molar-refractivity contribution in [2.75, 3.05) is 13.1 Å². The summed E-state index contributed by atoms with van der Waals surface area (Å²) >= 11 is 0. The fourth-order valence-corrected chi connectivity index (χ4v) is 7.57. The molecule has 0 saturated heterocycles. The number of nitrogens with zero attached hydrogens (tertiary/aromatic N) is 1. The van der Waals surface area contributed by atoms with Crippen LogP contribution in [0.25, 0.3) is 54.9 Å². The molecular formula is C42H42N+. The number of benzene rings is 6. The average molecular weight is 561 g/mol. The van der Waals surface area contributed by atoms with Crippen molar-refractivity contribution in [3.63, 3.8) is 0 Å². The van der Waals surface area contributed by atoms with Gasteiger partial charge in [-0.15, -0.1) is 0 Å². The van der Waals surface area contributed by atoms with Crippen LogP contribution in [0.5, 0.6) is 0 Å². The molecule has 214 valence electrons. The largest absolute Gasteiger partial charge is 0.316 e. The van der Waals surface area contributed by atoms with E-state index in [-0.39, 0.29) is 0 Å². The lowest BCUT2D eigenvalue weighted by atomic mass is 9.82. The molecule has 1 heteroatoms.